The van der Waals surface area contributed by atoms with Crippen LogP contribution in [0.15, 0.2) is 18.2 Å². The highest BCUT2D eigenvalue weighted by atomic mass is 19.1. The van der Waals surface area contributed by atoms with Gasteiger partial charge in [0, 0.05) is 25.7 Å². The van der Waals surface area contributed by atoms with Crippen LogP contribution in [0.5, 0.6) is 0 Å². The summed E-state index contributed by atoms with van der Waals surface area (Å²) >= 11 is 0. The molecule has 1 aromatic carbocycles. The Morgan fingerprint density at radius 3 is 2.55 bits per heavy atom. The van der Waals surface area contributed by atoms with Crippen molar-refractivity contribution in [2.75, 3.05) is 18.0 Å². The zero-order valence-corrected chi connectivity index (χ0v) is 13.0. The summed E-state index contributed by atoms with van der Waals surface area (Å²) in [5, 5.41) is 3.32. The highest BCUT2D eigenvalue weighted by Crippen LogP contribution is 2.27. The predicted molar refractivity (Wildman–Crippen MR) is 83.6 cm³/mol. The van der Waals surface area contributed by atoms with Crippen LogP contribution in [-0.2, 0) is 6.54 Å². The van der Waals surface area contributed by atoms with Gasteiger partial charge >= 0.3 is 0 Å². The molecule has 1 aliphatic heterocycles. The molecule has 0 saturated carbocycles. The van der Waals surface area contributed by atoms with Gasteiger partial charge in [0.15, 0.2) is 0 Å². The maximum absolute atomic E-state index is 14.3. The van der Waals surface area contributed by atoms with E-state index < -0.39 is 0 Å². The lowest BCUT2D eigenvalue weighted by atomic mass is 9.94. The van der Waals surface area contributed by atoms with Crippen LogP contribution < -0.4 is 10.2 Å². The monoisotopic (exact) mass is 278 g/mol. The molecule has 2 rings (SSSR count). The number of piperidine rings is 1. The van der Waals surface area contributed by atoms with Crippen LogP contribution in [0.3, 0.4) is 0 Å². The smallest absolute Gasteiger partial charge is 0.146 e. The highest BCUT2D eigenvalue weighted by Gasteiger charge is 2.20. The average Bonchev–Trinajstić information content (AvgIpc) is 2.45. The van der Waals surface area contributed by atoms with Crippen LogP contribution in [-0.4, -0.2) is 19.1 Å². The van der Waals surface area contributed by atoms with Crippen molar-refractivity contribution in [3.63, 3.8) is 0 Å². The van der Waals surface area contributed by atoms with Gasteiger partial charge in [-0.05, 0) is 36.5 Å². The summed E-state index contributed by atoms with van der Waals surface area (Å²) in [6, 6.07) is 6.08. The Kier molecular flexibility index (Phi) is 5.41. The third kappa shape index (κ3) is 3.95. The van der Waals surface area contributed by atoms with Crippen molar-refractivity contribution in [3.05, 3.63) is 29.6 Å². The number of hydrogen-bond donors (Lipinski definition) is 1. The van der Waals surface area contributed by atoms with Gasteiger partial charge in [-0.25, -0.2) is 4.39 Å². The third-order valence-corrected chi connectivity index (χ3v) is 4.26. The van der Waals surface area contributed by atoms with Crippen molar-refractivity contribution < 1.29 is 4.39 Å². The average molecular weight is 278 g/mol. The largest absolute Gasteiger partial charge is 0.369 e. The number of rotatable bonds is 5. The minimum Gasteiger partial charge on any atom is -0.369 e. The zero-order valence-electron chi connectivity index (χ0n) is 13.0. The third-order valence-electron chi connectivity index (χ3n) is 4.26. The molecule has 1 heterocycles. The second kappa shape index (κ2) is 7.07. The number of hydrogen-bond acceptors (Lipinski definition) is 2. The molecule has 0 atom stereocenters. The first-order valence-electron chi connectivity index (χ1n) is 7.87. The minimum atomic E-state index is -0.0806. The fraction of sp³-hybridized carbons (Fsp3) is 0.647. The molecule has 20 heavy (non-hydrogen) atoms. The molecule has 0 aromatic heterocycles. The summed E-state index contributed by atoms with van der Waals surface area (Å²) in [6.45, 7) is 9.15. The first-order chi connectivity index (χ1) is 9.60. The normalized spacial score (nSPS) is 16.9. The lowest BCUT2D eigenvalue weighted by molar-refractivity contribution is 0.392. The number of benzene rings is 1. The van der Waals surface area contributed by atoms with Gasteiger partial charge in [-0.1, -0.05) is 33.3 Å². The second-order valence-corrected chi connectivity index (χ2v) is 6.16. The topological polar surface area (TPSA) is 15.3 Å². The summed E-state index contributed by atoms with van der Waals surface area (Å²) in [6.07, 6.45) is 3.62. The van der Waals surface area contributed by atoms with E-state index in [2.05, 4.69) is 31.0 Å². The van der Waals surface area contributed by atoms with Crippen molar-refractivity contribution in [2.45, 2.75) is 52.6 Å². The van der Waals surface area contributed by atoms with Crippen LogP contribution in [0.4, 0.5) is 10.1 Å². The zero-order chi connectivity index (χ0) is 14.5. The molecule has 0 spiro atoms. The molecule has 0 amide bonds. The van der Waals surface area contributed by atoms with Gasteiger partial charge in [0.1, 0.15) is 5.82 Å². The van der Waals surface area contributed by atoms with Gasteiger partial charge < -0.3 is 10.2 Å². The molecule has 112 valence electrons. The molecule has 0 aliphatic carbocycles. The SMILES string of the molecule is CCC1CCN(c2ccc(CNC(C)C)cc2F)CC1. The minimum absolute atomic E-state index is 0.0806. The molecule has 1 fully saturated rings. The van der Waals surface area contributed by atoms with Crippen molar-refractivity contribution in [1.29, 1.82) is 0 Å². The first kappa shape index (κ1) is 15.3. The van der Waals surface area contributed by atoms with E-state index >= 15 is 0 Å². The van der Waals surface area contributed by atoms with Gasteiger partial charge in [0.2, 0.25) is 0 Å². The van der Waals surface area contributed by atoms with E-state index in [1.54, 1.807) is 6.07 Å². The van der Waals surface area contributed by atoms with Gasteiger partial charge in [0.05, 0.1) is 5.69 Å². The van der Waals surface area contributed by atoms with E-state index in [1.165, 1.54) is 19.3 Å². The molecule has 1 aromatic rings. The lowest BCUT2D eigenvalue weighted by Gasteiger charge is -2.33. The number of nitrogens with zero attached hydrogens (tertiary/aromatic N) is 1. The Bertz CT molecular complexity index is 423. The number of nitrogens with one attached hydrogen (secondary N) is 1. The first-order valence-corrected chi connectivity index (χ1v) is 7.87. The standard InChI is InChI=1S/C17H27FN2/c1-4-14-7-9-20(10-8-14)17-6-5-15(11-16(17)18)12-19-13(2)3/h5-6,11,13-14,19H,4,7-10,12H2,1-3H3. The molecule has 1 saturated heterocycles. The Balaban J connectivity index is 1.99. The van der Waals surface area contributed by atoms with E-state index in [-0.39, 0.29) is 5.82 Å². The molecular weight excluding hydrogens is 251 g/mol. The highest BCUT2D eigenvalue weighted by molar-refractivity contribution is 5.49. The molecular formula is C17H27FN2. The van der Waals surface area contributed by atoms with E-state index in [1.807, 2.05) is 12.1 Å². The van der Waals surface area contributed by atoms with Crippen LogP contribution >= 0.6 is 0 Å². The Labute approximate surface area is 122 Å². The molecule has 3 heteroatoms. The van der Waals surface area contributed by atoms with E-state index in [0.717, 1.165) is 36.8 Å². The summed E-state index contributed by atoms with van der Waals surface area (Å²) < 4.78 is 14.3. The lowest BCUT2D eigenvalue weighted by Crippen LogP contribution is -2.34. The Hall–Kier alpha value is -1.09. The molecule has 0 radical (unpaired) electrons. The summed E-state index contributed by atoms with van der Waals surface area (Å²) in [4.78, 5) is 2.20. The van der Waals surface area contributed by atoms with Crippen LogP contribution in [0.2, 0.25) is 0 Å². The van der Waals surface area contributed by atoms with Crippen molar-refractivity contribution >= 4 is 5.69 Å². The summed E-state index contributed by atoms with van der Waals surface area (Å²) in [5.41, 5.74) is 1.79. The van der Waals surface area contributed by atoms with Crippen LogP contribution in [0, 0.1) is 11.7 Å². The van der Waals surface area contributed by atoms with E-state index in [0.29, 0.717) is 6.04 Å². The van der Waals surface area contributed by atoms with Crippen molar-refractivity contribution in [2.24, 2.45) is 5.92 Å². The second-order valence-electron chi connectivity index (χ2n) is 6.16. The predicted octanol–water partition coefficient (Wildman–Crippen LogP) is 3.95. The maximum Gasteiger partial charge on any atom is 0.146 e. The van der Waals surface area contributed by atoms with Crippen molar-refractivity contribution in [3.8, 4) is 0 Å². The fourth-order valence-corrected chi connectivity index (χ4v) is 2.82. The van der Waals surface area contributed by atoms with E-state index in [9.17, 15) is 4.39 Å². The maximum atomic E-state index is 14.3. The van der Waals surface area contributed by atoms with Crippen LogP contribution in [0.25, 0.3) is 0 Å². The van der Waals surface area contributed by atoms with Gasteiger partial charge in [0.25, 0.3) is 0 Å². The molecule has 1 aliphatic rings. The number of anilines is 1. The Morgan fingerprint density at radius 2 is 2.00 bits per heavy atom. The quantitative estimate of drug-likeness (QED) is 0.877. The molecule has 0 bridgehead atoms. The van der Waals surface area contributed by atoms with Crippen molar-refractivity contribution in [1.82, 2.24) is 5.32 Å². The Morgan fingerprint density at radius 1 is 1.30 bits per heavy atom. The van der Waals surface area contributed by atoms with Gasteiger partial charge in [-0.2, -0.15) is 0 Å². The van der Waals surface area contributed by atoms with Crippen LogP contribution in [0.1, 0.15) is 45.6 Å². The van der Waals surface area contributed by atoms with Gasteiger partial charge in [-0.15, -0.1) is 0 Å². The fourth-order valence-electron chi connectivity index (χ4n) is 2.82. The summed E-state index contributed by atoms with van der Waals surface area (Å²) in [7, 11) is 0. The molecule has 0 unspecified atom stereocenters. The summed E-state index contributed by atoms with van der Waals surface area (Å²) in [5.74, 6) is 0.742. The van der Waals surface area contributed by atoms with E-state index in [4.69, 9.17) is 0 Å². The molecule has 2 nitrogen and oxygen atoms in total. The number of halogens is 1. The molecule has 1 N–H and O–H groups in total. The van der Waals surface area contributed by atoms with Gasteiger partial charge in [-0.3, -0.25) is 0 Å².